The first-order valence-electron chi connectivity index (χ1n) is 8.84. The van der Waals surface area contributed by atoms with Gasteiger partial charge in [-0.1, -0.05) is 60.7 Å². The number of ether oxygens (including phenoxy) is 2. The number of likely N-dealkylation sites (tertiary alicyclic amines) is 1. The molecule has 1 fully saturated rings. The lowest BCUT2D eigenvalue weighted by molar-refractivity contribution is -0.151. The van der Waals surface area contributed by atoms with Crippen LogP contribution in [0.2, 0.25) is 0 Å². The second kappa shape index (κ2) is 8.79. The maximum Gasteiger partial charge on any atom is 0.312 e. The van der Waals surface area contributed by atoms with Gasteiger partial charge in [0.2, 0.25) is 0 Å². The Hall–Kier alpha value is -2.17. The maximum absolute atomic E-state index is 12.3. The summed E-state index contributed by atoms with van der Waals surface area (Å²) in [5.74, 6) is -0.386. The molecule has 0 N–H and O–H groups in total. The van der Waals surface area contributed by atoms with Gasteiger partial charge in [0.05, 0.1) is 25.2 Å². The zero-order valence-electron chi connectivity index (χ0n) is 14.6. The van der Waals surface area contributed by atoms with Gasteiger partial charge in [-0.15, -0.1) is 0 Å². The molecule has 0 amide bonds. The van der Waals surface area contributed by atoms with Crippen molar-refractivity contribution < 1.29 is 14.3 Å². The first kappa shape index (κ1) is 17.6. The second-order valence-corrected chi connectivity index (χ2v) is 6.37. The van der Waals surface area contributed by atoms with E-state index in [0.717, 1.165) is 18.7 Å². The van der Waals surface area contributed by atoms with Crippen LogP contribution in [0.3, 0.4) is 0 Å². The van der Waals surface area contributed by atoms with Gasteiger partial charge in [0.15, 0.2) is 0 Å². The molecule has 2 aromatic carbocycles. The van der Waals surface area contributed by atoms with E-state index in [1.807, 2.05) is 55.5 Å². The molecular weight excluding hydrogens is 314 g/mol. The van der Waals surface area contributed by atoms with Gasteiger partial charge in [0, 0.05) is 19.6 Å². The highest BCUT2D eigenvalue weighted by molar-refractivity contribution is 5.74. The summed E-state index contributed by atoms with van der Waals surface area (Å²) >= 11 is 0. The van der Waals surface area contributed by atoms with Gasteiger partial charge >= 0.3 is 5.97 Å². The molecule has 25 heavy (non-hydrogen) atoms. The van der Waals surface area contributed by atoms with Crippen molar-refractivity contribution in [2.24, 2.45) is 5.92 Å². The van der Waals surface area contributed by atoms with Crippen molar-refractivity contribution in [1.29, 1.82) is 0 Å². The van der Waals surface area contributed by atoms with Crippen LogP contribution < -0.4 is 0 Å². The monoisotopic (exact) mass is 339 g/mol. The molecule has 0 aliphatic carbocycles. The van der Waals surface area contributed by atoms with E-state index in [0.29, 0.717) is 19.8 Å². The molecule has 1 aliphatic rings. The zero-order valence-corrected chi connectivity index (χ0v) is 14.6. The Kier molecular flexibility index (Phi) is 6.20. The van der Waals surface area contributed by atoms with E-state index < -0.39 is 0 Å². The van der Waals surface area contributed by atoms with Crippen LogP contribution in [0.15, 0.2) is 60.7 Å². The van der Waals surface area contributed by atoms with Crippen LogP contribution in [0, 0.1) is 5.92 Å². The summed E-state index contributed by atoms with van der Waals surface area (Å²) < 4.78 is 11.4. The molecule has 2 atom stereocenters. The van der Waals surface area contributed by atoms with Gasteiger partial charge in [-0.3, -0.25) is 9.69 Å². The number of rotatable bonds is 7. The molecular formula is C21H25NO3. The quantitative estimate of drug-likeness (QED) is 0.726. The summed E-state index contributed by atoms with van der Waals surface area (Å²) in [6.07, 6.45) is -0.136. The third-order valence-electron chi connectivity index (χ3n) is 4.49. The third kappa shape index (κ3) is 4.91. The Balaban J connectivity index is 1.64. The summed E-state index contributed by atoms with van der Waals surface area (Å²) in [5, 5.41) is 0. The van der Waals surface area contributed by atoms with Gasteiger partial charge in [-0.05, 0) is 18.1 Å². The zero-order chi connectivity index (χ0) is 17.5. The normalized spacial score (nSPS) is 20.5. The van der Waals surface area contributed by atoms with Crippen LogP contribution in [0.5, 0.6) is 0 Å². The first-order valence-corrected chi connectivity index (χ1v) is 8.84. The second-order valence-electron chi connectivity index (χ2n) is 6.37. The van der Waals surface area contributed by atoms with Crippen LogP contribution in [-0.4, -0.2) is 36.7 Å². The van der Waals surface area contributed by atoms with Crippen LogP contribution >= 0.6 is 0 Å². The van der Waals surface area contributed by atoms with E-state index in [1.165, 1.54) is 5.56 Å². The fourth-order valence-electron chi connectivity index (χ4n) is 3.24. The minimum atomic E-state index is -0.229. The highest BCUT2D eigenvalue weighted by atomic mass is 16.5. The van der Waals surface area contributed by atoms with Gasteiger partial charge in [0.25, 0.3) is 0 Å². The number of carbonyl (C=O) groups excluding carboxylic acids is 1. The summed E-state index contributed by atoms with van der Waals surface area (Å²) in [5.41, 5.74) is 2.36. The molecule has 4 nitrogen and oxygen atoms in total. The Morgan fingerprint density at radius 1 is 1.00 bits per heavy atom. The van der Waals surface area contributed by atoms with Crippen LogP contribution in [0.25, 0.3) is 0 Å². The molecule has 0 bridgehead atoms. The number of nitrogens with zero attached hydrogens (tertiary/aromatic N) is 1. The summed E-state index contributed by atoms with van der Waals surface area (Å²) in [6, 6.07) is 20.4. The number of carbonyl (C=O) groups is 1. The van der Waals surface area contributed by atoms with Crippen LogP contribution in [0.4, 0.5) is 0 Å². The molecule has 132 valence electrons. The predicted octanol–water partition coefficient (Wildman–Crippen LogP) is 3.27. The minimum Gasteiger partial charge on any atom is -0.466 e. The molecule has 0 saturated carbocycles. The molecule has 2 unspecified atom stereocenters. The fraction of sp³-hybridized carbons (Fsp3) is 0.381. The Bertz CT molecular complexity index is 659. The van der Waals surface area contributed by atoms with E-state index in [4.69, 9.17) is 9.47 Å². The van der Waals surface area contributed by atoms with Crippen molar-refractivity contribution in [1.82, 2.24) is 4.90 Å². The molecule has 0 radical (unpaired) electrons. The Morgan fingerprint density at radius 3 is 2.28 bits per heavy atom. The lowest BCUT2D eigenvalue weighted by Gasteiger charge is -2.18. The van der Waals surface area contributed by atoms with Crippen molar-refractivity contribution >= 4 is 5.97 Å². The molecule has 1 heterocycles. The fourth-order valence-corrected chi connectivity index (χ4v) is 3.24. The van der Waals surface area contributed by atoms with Crippen molar-refractivity contribution in [3.63, 3.8) is 0 Å². The first-order chi connectivity index (χ1) is 12.3. The van der Waals surface area contributed by atoms with Gasteiger partial charge in [0.1, 0.15) is 0 Å². The van der Waals surface area contributed by atoms with E-state index in [1.54, 1.807) is 0 Å². The highest BCUT2D eigenvalue weighted by Gasteiger charge is 2.39. The SMILES string of the molecule is CCOC(=O)C1CN(Cc2ccccc2)CC1OCc1ccccc1. The van der Waals surface area contributed by atoms with Crippen molar-refractivity contribution in [3.05, 3.63) is 71.8 Å². The molecule has 1 aliphatic heterocycles. The Morgan fingerprint density at radius 2 is 1.64 bits per heavy atom. The molecule has 0 aromatic heterocycles. The average molecular weight is 339 g/mol. The van der Waals surface area contributed by atoms with Crippen molar-refractivity contribution in [2.45, 2.75) is 26.2 Å². The molecule has 3 rings (SSSR count). The number of hydrogen-bond acceptors (Lipinski definition) is 4. The lowest BCUT2D eigenvalue weighted by Crippen LogP contribution is -2.30. The molecule has 4 heteroatoms. The van der Waals surface area contributed by atoms with E-state index in [2.05, 4.69) is 17.0 Å². The van der Waals surface area contributed by atoms with Crippen LogP contribution in [0.1, 0.15) is 18.1 Å². The summed E-state index contributed by atoms with van der Waals surface area (Å²) in [4.78, 5) is 14.6. The predicted molar refractivity (Wildman–Crippen MR) is 96.9 cm³/mol. The molecule has 1 saturated heterocycles. The van der Waals surface area contributed by atoms with Crippen molar-refractivity contribution in [3.8, 4) is 0 Å². The molecule has 2 aromatic rings. The topological polar surface area (TPSA) is 38.8 Å². The lowest BCUT2D eigenvalue weighted by atomic mass is 10.1. The van der Waals surface area contributed by atoms with E-state index in [9.17, 15) is 4.79 Å². The standard InChI is InChI=1S/C21H25NO3/c1-2-24-21(23)19-14-22(13-17-9-5-3-6-10-17)15-20(19)25-16-18-11-7-4-8-12-18/h3-12,19-20H,2,13-16H2,1H3. The third-order valence-corrected chi connectivity index (χ3v) is 4.49. The summed E-state index contributed by atoms with van der Waals surface area (Å²) in [6.45, 7) is 4.99. The van der Waals surface area contributed by atoms with Crippen molar-refractivity contribution in [2.75, 3.05) is 19.7 Å². The molecule has 0 spiro atoms. The summed E-state index contributed by atoms with van der Waals surface area (Å²) in [7, 11) is 0. The van der Waals surface area contributed by atoms with E-state index >= 15 is 0 Å². The highest BCUT2D eigenvalue weighted by Crippen LogP contribution is 2.24. The van der Waals surface area contributed by atoms with Gasteiger partial charge in [-0.2, -0.15) is 0 Å². The van der Waals surface area contributed by atoms with E-state index in [-0.39, 0.29) is 18.0 Å². The van der Waals surface area contributed by atoms with Crippen LogP contribution in [-0.2, 0) is 27.4 Å². The number of hydrogen-bond donors (Lipinski definition) is 0. The smallest absolute Gasteiger partial charge is 0.312 e. The Labute approximate surface area is 149 Å². The minimum absolute atomic E-state index is 0.136. The largest absolute Gasteiger partial charge is 0.466 e. The van der Waals surface area contributed by atoms with Gasteiger partial charge < -0.3 is 9.47 Å². The average Bonchev–Trinajstić information content (AvgIpc) is 3.05. The maximum atomic E-state index is 12.3. The number of esters is 1. The van der Waals surface area contributed by atoms with Gasteiger partial charge in [-0.25, -0.2) is 0 Å². The number of benzene rings is 2.